The van der Waals surface area contributed by atoms with E-state index < -0.39 is 0 Å². The van der Waals surface area contributed by atoms with Crippen molar-refractivity contribution < 1.29 is 4.74 Å². The number of rotatable bonds is 3. The van der Waals surface area contributed by atoms with E-state index in [0.717, 1.165) is 6.54 Å². The lowest BCUT2D eigenvalue weighted by atomic mass is 10.2. The van der Waals surface area contributed by atoms with Crippen LogP contribution in [0.15, 0.2) is 12.3 Å². The van der Waals surface area contributed by atoms with Gasteiger partial charge in [0, 0.05) is 6.20 Å². The van der Waals surface area contributed by atoms with E-state index >= 15 is 0 Å². The Labute approximate surface area is 78.7 Å². The Morgan fingerprint density at radius 2 is 2.23 bits per heavy atom. The Morgan fingerprint density at radius 1 is 1.54 bits per heavy atom. The highest BCUT2D eigenvalue weighted by Crippen LogP contribution is 2.06. The van der Waals surface area contributed by atoms with Crippen molar-refractivity contribution in [3.63, 3.8) is 0 Å². The molecule has 1 aromatic heterocycles. The van der Waals surface area contributed by atoms with Gasteiger partial charge in [-0.25, -0.2) is 0 Å². The number of nitrogens with two attached hydrogens (primary N) is 1. The summed E-state index contributed by atoms with van der Waals surface area (Å²) >= 11 is 0. The van der Waals surface area contributed by atoms with Crippen LogP contribution < -0.4 is 5.73 Å². The van der Waals surface area contributed by atoms with E-state index in [2.05, 4.69) is 5.10 Å². The Morgan fingerprint density at radius 3 is 2.69 bits per heavy atom. The lowest BCUT2D eigenvalue weighted by Gasteiger charge is -2.19. The van der Waals surface area contributed by atoms with E-state index in [1.54, 1.807) is 10.7 Å². The second-order valence-electron chi connectivity index (χ2n) is 3.96. The average molecular weight is 183 g/mol. The molecule has 0 spiro atoms. The molecule has 1 heterocycles. The zero-order chi connectivity index (χ0) is 9.90. The summed E-state index contributed by atoms with van der Waals surface area (Å²) in [6.45, 7) is 7.50. The van der Waals surface area contributed by atoms with Gasteiger partial charge in [-0.2, -0.15) is 5.10 Å². The molecule has 1 rings (SSSR count). The highest BCUT2D eigenvalue weighted by molar-refractivity contribution is 5.23. The van der Waals surface area contributed by atoms with Crippen LogP contribution in [-0.4, -0.2) is 22.0 Å². The second kappa shape index (κ2) is 3.79. The van der Waals surface area contributed by atoms with E-state index in [9.17, 15) is 0 Å². The summed E-state index contributed by atoms with van der Waals surface area (Å²) in [5.41, 5.74) is 5.38. The first-order valence-corrected chi connectivity index (χ1v) is 4.40. The molecule has 0 bridgehead atoms. The fourth-order valence-electron chi connectivity index (χ4n) is 0.947. The number of hydrogen-bond donors (Lipinski definition) is 1. The zero-order valence-electron chi connectivity index (χ0n) is 8.45. The Kier molecular flexibility index (Phi) is 2.93. The van der Waals surface area contributed by atoms with Gasteiger partial charge >= 0.3 is 0 Å². The summed E-state index contributed by atoms with van der Waals surface area (Å²) in [5.74, 6) is 0.552. The molecule has 74 valence electrons. The van der Waals surface area contributed by atoms with Gasteiger partial charge in [-0.05, 0) is 26.8 Å². The van der Waals surface area contributed by atoms with Gasteiger partial charge in [-0.3, -0.25) is 4.68 Å². The summed E-state index contributed by atoms with van der Waals surface area (Å²) in [6.07, 6.45) is 1.85. The first-order chi connectivity index (χ1) is 5.97. The molecule has 0 saturated heterocycles. The number of nitrogen functional groups attached to an aromatic ring is 1. The van der Waals surface area contributed by atoms with E-state index in [1.807, 2.05) is 27.0 Å². The first kappa shape index (κ1) is 10.1. The van der Waals surface area contributed by atoms with Crippen molar-refractivity contribution in [2.45, 2.75) is 32.9 Å². The molecule has 0 aliphatic heterocycles. The van der Waals surface area contributed by atoms with E-state index in [-0.39, 0.29) is 5.60 Å². The van der Waals surface area contributed by atoms with Gasteiger partial charge in [0.1, 0.15) is 5.82 Å². The van der Waals surface area contributed by atoms with Gasteiger partial charge in [0.05, 0.1) is 18.8 Å². The summed E-state index contributed by atoms with van der Waals surface area (Å²) in [7, 11) is 0. The predicted molar refractivity (Wildman–Crippen MR) is 52.3 cm³/mol. The standard InChI is InChI=1S/C9H17N3O/c1-9(2,3)13-7-6-12-5-4-8(10)11-12/h4-5H,6-7H2,1-3H3,(H2,10,11). The summed E-state index contributed by atoms with van der Waals surface area (Å²) in [4.78, 5) is 0. The first-order valence-electron chi connectivity index (χ1n) is 4.40. The molecule has 0 aromatic carbocycles. The average Bonchev–Trinajstić information content (AvgIpc) is 2.33. The topological polar surface area (TPSA) is 53.1 Å². The van der Waals surface area contributed by atoms with E-state index in [4.69, 9.17) is 10.5 Å². The summed E-state index contributed by atoms with van der Waals surface area (Å²) in [5, 5.41) is 4.04. The molecule has 0 fully saturated rings. The molecule has 0 saturated carbocycles. The molecule has 4 heteroatoms. The van der Waals surface area contributed by atoms with Crippen molar-refractivity contribution in [3.05, 3.63) is 12.3 Å². The molecule has 0 aliphatic rings. The number of anilines is 1. The van der Waals surface area contributed by atoms with Crippen molar-refractivity contribution in [1.29, 1.82) is 0 Å². The second-order valence-corrected chi connectivity index (χ2v) is 3.96. The minimum Gasteiger partial charge on any atom is -0.382 e. The highest BCUT2D eigenvalue weighted by Gasteiger charge is 2.09. The van der Waals surface area contributed by atoms with Crippen molar-refractivity contribution in [2.75, 3.05) is 12.3 Å². The fraction of sp³-hybridized carbons (Fsp3) is 0.667. The third-order valence-electron chi connectivity index (χ3n) is 1.52. The lowest BCUT2D eigenvalue weighted by molar-refractivity contribution is -0.00786. The molecule has 13 heavy (non-hydrogen) atoms. The molecule has 2 N–H and O–H groups in total. The van der Waals surface area contributed by atoms with Crippen LogP contribution in [0, 0.1) is 0 Å². The number of ether oxygens (including phenoxy) is 1. The smallest absolute Gasteiger partial charge is 0.145 e. The maximum Gasteiger partial charge on any atom is 0.145 e. The SMILES string of the molecule is CC(C)(C)OCCn1ccc(N)n1. The number of aromatic nitrogens is 2. The van der Waals surface area contributed by atoms with Gasteiger partial charge in [0.25, 0.3) is 0 Å². The van der Waals surface area contributed by atoms with Gasteiger partial charge in [-0.1, -0.05) is 0 Å². The minimum atomic E-state index is -0.0846. The monoisotopic (exact) mass is 183 g/mol. The van der Waals surface area contributed by atoms with Crippen LogP contribution in [0.5, 0.6) is 0 Å². The van der Waals surface area contributed by atoms with Crippen molar-refractivity contribution in [1.82, 2.24) is 9.78 Å². The lowest BCUT2D eigenvalue weighted by Crippen LogP contribution is -2.22. The maximum absolute atomic E-state index is 5.54. The van der Waals surface area contributed by atoms with Crippen molar-refractivity contribution in [2.24, 2.45) is 0 Å². The third-order valence-corrected chi connectivity index (χ3v) is 1.52. The minimum absolute atomic E-state index is 0.0846. The fourth-order valence-corrected chi connectivity index (χ4v) is 0.947. The Hall–Kier alpha value is -1.03. The van der Waals surface area contributed by atoms with Crippen molar-refractivity contribution >= 4 is 5.82 Å². The Balaban J connectivity index is 2.28. The quantitative estimate of drug-likeness (QED) is 0.768. The molecule has 0 amide bonds. The predicted octanol–water partition coefficient (Wildman–Crippen LogP) is 1.28. The third kappa shape index (κ3) is 3.94. The van der Waals surface area contributed by atoms with Crippen LogP contribution in [0.4, 0.5) is 5.82 Å². The zero-order valence-corrected chi connectivity index (χ0v) is 8.45. The van der Waals surface area contributed by atoms with Crippen LogP contribution in [-0.2, 0) is 11.3 Å². The molecule has 1 aromatic rings. The highest BCUT2D eigenvalue weighted by atomic mass is 16.5. The molecule has 0 atom stereocenters. The van der Waals surface area contributed by atoms with Crippen LogP contribution in [0.1, 0.15) is 20.8 Å². The van der Waals surface area contributed by atoms with E-state index in [0.29, 0.717) is 12.4 Å². The van der Waals surface area contributed by atoms with Crippen LogP contribution >= 0.6 is 0 Å². The summed E-state index contributed by atoms with van der Waals surface area (Å²) in [6, 6.07) is 1.77. The van der Waals surface area contributed by atoms with Gasteiger partial charge in [0.15, 0.2) is 0 Å². The number of hydrogen-bond acceptors (Lipinski definition) is 3. The van der Waals surface area contributed by atoms with Gasteiger partial charge in [0.2, 0.25) is 0 Å². The molecular weight excluding hydrogens is 166 g/mol. The molecule has 0 unspecified atom stereocenters. The molecule has 4 nitrogen and oxygen atoms in total. The van der Waals surface area contributed by atoms with Crippen LogP contribution in [0.3, 0.4) is 0 Å². The largest absolute Gasteiger partial charge is 0.382 e. The van der Waals surface area contributed by atoms with Crippen LogP contribution in [0.25, 0.3) is 0 Å². The summed E-state index contributed by atoms with van der Waals surface area (Å²) < 4.78 is 7.32. The van der Waals surface area contributed by atoms with Crippen molar-refractivity contribution in [3.8, 4) is 0 Å². The maximum atomic E-state index is 5.54. The number of nitrogens with zero attached hydrogens (tertiary/aromatic N) is 2. The normalized spacial score (nSPS) is 11.9. The van der Waals surface area contributed by atoms with Crippen LogP contribution in [0.2, 0.25) is 0 Å². The van der Waals surface area contributed by atoms with E-state index in [1.165, 1.54) is 0 Å². The van der Waals surface area contributed by atoms with Gasteiger partial charge in [-0.15, -0.1) is 0 Å². The molecule has 0 aliphatic carbocycles. The van der Waals surface area contributed by atoms with Gasteiger partial charge < -0.3 is 10.5 Å². The molecule has 0 radical (unpaired) electrons. The molecular formula is C9H17N3O. The Bertz CT molecular complexity index is 262.